The van der Waals surface area contributed by atoms with Crippen molar-refractivity contribution in [1.29, 1.82) is 0 Å². The fourth-order valence-electron chi connectivity index (χ4n) is 2.28. The van der Waals surface area contributed by atoms with Gasteiger partial charge in [0.15, 0.2) is 0 Å². The first-order valence-corrected chi connectivity index (χ1v) is 6.17. The largest absolute Gasteiger partial charge is 0.378 e. The molecular formula is C13H25NO. The number of hydrogen-bond acceptors (Lipinski definition) is 2. The van der Waals surface area contributed by atoms with Gasteiger partial charge in [0, 0.05) is 12.6 Å². The molecule has 1 atom stereocenters. The predicted octanol–water partition coefficient (Wildman–Crippen LogP) is 2.75. The summed E-state index contributed by atoms with van der Waals surface area (Å²) in [6.07, 6.45) is 4.24. The molecule has 0 radical (unpaired) electrons. The highest BCUT2D eigenvalue weighted by Gasteiger charge is 2.31. The minimum atomic E-state index is 0.502. The topological polar surface area (TPSA) is 21.3 Å². The number of nitrogens with one attached hydrogen (secondary N) is 1. The Morgan fingerprint density at radius 2 is 2.13 bits per heavy atom. The molecule has 88 valence electrons. The Hall–Kier alpha value is -0.340. The van der Waals surface area contributed by atoms with E-state index in [0.29, 0.717) is 12.1 Å². The summed E-state index contributed by atoms with van der Waals surface area (Å²) < 4.78 is 5.57. The van der Waals surface area contributed by atoms with E-state index in [-0.39, 0.29) is 0 Å². The average molecular weight is 211 g/mol. The smallest absolute Gasteiger partial charge is 0.0580 e. The highest BCUT2D eigenvalue weighted by molar-refractivity contribution is 5.03. The van der Waals surface area contributed by atoms with E-state index < -0.39 is 0 Å². The van der Waals surface area contributed by atoms with Crippen LogP contribution in [0, 0.1) is 5.92 Å². The third-order valence-corrected chi connectivity index (χ3v) is 3.21. The van der Waals surface area contributed by atoms with Crippen LogP contribution in [0.1, 0.15) is 40.0 Å². The summed E-state index contributed by atoms with van der Waals surface area (Å²) in [5.41, 5.74) is 1.26. The second kappa shape index (κ2) is 6.29. The van der Waals surface area contributed by atoms with E-state index in [1.54, 1.807) is 0 Å². The molecule has 2 nitrogen and oxygen atoms in total. The van der Waals surface area contributed by atoms with E-state index in [0.717, 1.165) is 19.1 Å². The van der Waals surface area contributed by atoms with E-state index in [1.807, 2.05) is 0 Å². The normalized spacial score (nSPS) is 27.1. The van der Waals surface area contributed by atoms with Crippen molar-refractivity contribution in [3.8, 4) is 0 Å². The highest BCUT2D eigenvalue weighted by atomic mass is 16.5. The monoisotopic (exact) mass is 211 g/mol. The first-order chi connectivity index (χ1) is 7.17. The zero-order valence-corrected chi connectivity index (χ0v) is 10.4. The number of rotatable bonds is 7. The van der Waals surface area contributed by atoms with Crippen LogP contribution < -0.4 is 5.32 Å². The fourth-order valence-corrected chi connectivity index (χ4v) is 2.28. The van der Waals surface area contributed by atoms with Gasteiger partial charge in [0.1, 0.15) is 0 Å². The Labute approximate surface area is 94.1 Å². The molecule has 0 aromatic rings. The molecule has 1 N–H and O–H groups in total. The average Bonchev–Trinajstić information content (AvgIpc) is 2.13. The second-order valence-electron chi connectivity index (χ2n) is 4.61. The van der Waals surface area contributed by atoms with Crippen molar-refractivity contribution in [2.75, 3.05) is 13.2 Å². The molecule has 0 spiro atoms. The van der Waals surface area contributed by atoms with E-state index in [9.17, 15) is 0 Å². The van der Waals surface area contributed by atoms with E-state index in [4.69, 9.17) is 4.74 Å². The molecule has 15 heavy (non-hydrogen) atoms. The maximum atomic E-state index is 5.57. The van der Waals surface area contributed by atoms with E-state index in [1.165, 1.54) is 24.8 Å². The molecule has 0 aromatic carbocycles. The quantitative estimate of drug-likeness (QED) is 0.654. The Morgan fingerprint density at radius 3 is 2.60 bits per heavy atom. The van der Waals surface area contributed by atoms with Gasteiger partial charge in [0.2, 0.25) is 0 Å². The first kappa shape index (κ1) is 12.7. The molecule has 0 saturated heterocycles. The lowest BCUT2D eigenvalue weighted by atomic mass is 9.77. The van der Waals surface area contributed by atoms with Crippen LogP contribution in [-0.4, -0.2) is 25.3 Å². The van der Waals surface area contributed by atoms with Gasteiger partial charge in [-0.3, -0.25) is 0 Å². The Balaban J connectivity index is 2.20. The standard InChI is InChI=1S/C13H25NO/c1-5-14-13(10(3)4)9-11-7-12(8-11)15-6-2/h11-14H,3,5-9H2,1-2,4H3. The van der Waals surface area contributed by atoms with Crippen molar-refractivity contribution >= 4 is 0 Å². The molecule has 0 aromatic heterocycles. The van der Waals surface area contributed by atoms with Crippen LogP contribution in [-0.2, 0) is 4.74 Å². The molecule has 1 fully saturated rings. The second-order valence-corrected chi connectivity index (χ2v) is 4.61. The summed E-state index contributed by atoms with van der Waals surface area (Å²) in [5, 5.41) is 3.49. The SMILES string of the molecule is C=C(C)C(CC1CC(OCC)C1)NCC. The van der Waals surface area contributed by atoms with Gasteiger partial charge >= 0.3 is 0 Å². The molecule has 0 heterocycles. The van der Waals surface area contributed by atoms with E-state index in [2.05, 4.69) is 32.7 Å². The van der Waals surface area contributed by atoms with Gasteiger partial charge in [-0.15, -0.1) is 0 Å². The van der Waals surface area contributed by atoms with Gasteiger partial charge in [-0.2, -0.15) is 0 Å². The van der Waals surface area contributed by atoms with Crippen molar-refractivity contribution in [3.63, 3.8) is 0 Å². The summed E-state index contributed by atoms with van der Waals surface area (Å²) in [5.74, 6) is 0.835. The molecule has 0 aliphatic heterocycles. The van der Waals surface area contributed by atoms with Crippen molar-refractivity contribution in [3.05, 3.63) is 12.2 Å². The van der Waals surface area contributed by atoms with Crippen LogP contribution in [0.4, 0.5) is 0 Å². The number of likely N-dealkylation sites (N-methyl/N-ethyl adjacent to an activating group) is 1. The van der Waals surface area contributed by atoms with Crippen LogP contribution in [0.15, 0.2) is 12.2 Å². The third-order valence-electron chi connectivity index (χ3n) is 3.21. The van der Waals surface area contributed by atoms with Gasteiger partial charge < -0.3 is 10.1 Å². The molecule has 1 aliphatic carbocycles. The lowest BCUT2D eigenvalue weighted by Crippen LogP contribution is -2.38. The maximum Gasteiger partial charge on any atom is 0.0580 e. The summed E-state index contributed by atoms with van der Waals surface area (Å²) in [4.78, 5) is 0. The van der Waals surface area contributed by atoms with Crippen LogP contribution in [0.3, 0.4) is 0 Å². The summed E-state index contributed by atoms with van der Waals surface area (Å²) >= 11 is 0. The van der Waals surface area contributed by atoms with Crippen molar-refractivity contribution < 1.29 is 4.74 Å². The van der Waals surface area contributed by atoms with Gasteiger partial charge in [-0.05, 0) is 45.6 Å². The van der Waals surface area contributed by atoms with Gasteiger partial charge in [0.05, 0.1) is 6.10 Å². The molecule has 2 heteroatoms. The summed E-state index contributed by atoms with van der Waals surface area (Å²) in [7, 11) is 0. The third kappa shape index (κ3) is 3.96. The van der Waals surface area contributed by atoms with Crippen molar-refractivity contribution in [2.24, 2.45) is 5.92 Å². The zero-order valence-electron chi connectivity index (χ0n) is 10.4. The minimum Gasteiger partial charge on any atom is -0.378 e. The van der Waals surface area contributed by atoms with Crippen LogP contribution >= 0.6 is 0 Å². The van der Waals surface area contributed by atoms with Crippen LogP contribution in [0.2, 0.25) is 0 Å². The fraction of sp³-hybridized carbons (Fsp3) is 0.846. The molecule has 1 saturated carbocycles. The number of ether oxygens (including phenoxy) is 1. The minimum absolute atomic E-state index is 0.502. The van der Waals surface area contributed by atoms with Crippen molar-refractivity contribution in [2.45, 2.75) is 52.2 Å². The lowest BCUT2D eigenvalue weighted by molar-refractivity contribution is -0.0281. The van der Waals surface area contributed by atoms with Gasteiger partial charge in [-0.1, -0.05) is 19.1 Å². The van der Waals surface area contributed by atoms with Crippen molar-refractivity contribution in [1.82, 2.24) is 5.32 Å². The molecule has 1 unspecified atom stereocenters. The van der Waals surface area contributed by atoms with Crippen LogP contribution in [0.5, 0.6) is 0 Å². The first-order valence-electron chi connectivity index (χ1n) is 6.17. The number of hydrogen-bond donors (Lipinski definition) is 1. The molecular weight excluding hydrogens is 186 g/mol. The Kier molecular flexibility index (Phi) is 5.34. The highest BCUT2D eigenvalue weighted by Crippen LogP contribution is 2.34. The summed E-state index contributed by atoms with van der Waals surface area (Å²) in [6, 6.07) is 0.502. The van der Waals surface area contributed by atoms with Crippen LogP contribution in [0.25, 0.3) is 0 Å². The Morgan fingerprint density at radius 1 is 1.47 bits per heavy atom. The predicted molar refractivity (Wildman–Crippen MR) is 65.0 cm³/mol. The summed E-state index contributed by atoms with van der Waals surface area (Å²) in [6.45, 7) is 12.3. The molecule has 1 rings (SSSR count). The molecule has 0 bridgehead atoms. The lowest BCUT2D eigenvalue weighted by Gasteiger charge is -2.37. The molecule has 1 aliphatic rings. The van der Waals surface area contributed by atoms with E-state index >= 15 is 0 Å². The zero-order chi connectivity index (χ0) is 11.3. The Bertz CT molecular complexity index is 197. The van der Waals surface area contributed by atoms with Gasteiger partial charge in [-0.25, -0.2) is 0 Å². The maximum absolute atomic E-state index is 5.57. The molecule has 0 amide bonds. The van der Waals surface area contributed by atoms with Gasteiger partial charge in [0.25, 0.3) is 0 Å².